The standard InChI is InChI=1S/C21H22FN3O2.ClH/c22-17-3-1-2-16(12-17)19-13-23-10-11-25(19)21(27)15-6-8-18(9-7-15)24-20(26)14-4-5-14;/h1-3,6-9,12,14,19,23H,4-5,10-11,13H2,(H,24,26);1H. The van der Waals surface area contributed by atoms with Crippen LogP contribution < -0.4 is 10.6 Å². The van der Waals surface area contributed by atoms with Gasteiger partial charge < -0.3 is 15.5 Å². The molecule has 0 aromatic heterocycles. The van der Waals surface area contributed by atoms with Crippen molar-refractivity contribution in [2.75, 3.05) is 25.0 Å². The average Bonchev–Trinajstić information content (AvgIpc) is 3.53. The van der Waals surface area contributed by atoms with Gasteiger partial charge in [-0.1, -0.05) is 12.1 Å². The van der Waals surface area contributed by atoms with E-state index in [1.165, 1.54) is 12.1 Å². The van der Waals surface area contributed by atoms with E-state index >= 15 is 0 Å². The summed E-state index contributed by atoms with van der Waals surface area (Å²) in [6.07, 6.45) is 1.90. The van der Waals surface area contributed by atoms with Gasteiger partial charge in [0.1, 0.15) is 5.82 Å². The van der Waals surface area contributed by atoms with Crippen LogP contribution in [-0.2, 0) is 4.79 Å². The van der Waals surface area contributed by atoms with Crippen molar-refractivity contribution in [3.63, 3.8) is 0 Å². The molecule has 5 nitrogen and oxygen atoms in total. The second kappa shape index (κ2) is 8.71. The molecule has 7 heteroatoms. The van der Waals surface area contributed by atoms with Gasteiger partial charge in [-0.25, -0.2) is 4.39 Å². The molecule has 2 fully saturated rings. The summed E-state index contributed by atoms with van der Waals surface area (Å²) in [6.45, 7) is 1.85. The fraction of sp³-hybridized carbons (Fsp3) is 0.333. The third kappa shape index (κ3) is 4.51. The Hall–Kier alpha value is -2.44. The topological polar surface area (TPSA) is 61.4 Å². The van der Waals surface area contributed by atoms with Crippen molar-refractivity contribution in [1.29, 1.82) is 0 Å². The molecule has 0 bridgehead atoms. The van der Waals surface area contributed by atoms with Crippen LogP contribution in [0.3, 0.4) is 0 Å². The molecular weight excluding hydrogens is 381 g/mol. The van der Waals surface area contributed by atoms with Gasteiger partial charge in [0, 0.05) is 36.8 Å². The Balaban J connectivity index is 0.00000225. The lowest BCUT2D eigenvalue weighted by Crippen LogP contribution is -2.48. The molecule has 2 amide bonds. The minimum Gasteiger partial charge on any atom is -0.329 e. The molecular formula is C21H23ClFN3O2. The zero-order valence-corrected chi connectivity index (χ0v) is 16.2. The fourth-order valence-corrected chi connectivity index (χ4v) is 3.41. The number of amides is 2. The second-order valence-electron chi connectivity index (χ2n) is 7.11. The van der Waals surface area contributed by atoms with Crippen LogP contribution in [0, 0.1) is 11.7 Å². The number of hydrogen-bond donors (Lipinski definition) is 2. The molecule has 1 saturated heterocycles. The highest BCUT2D eigenvalue weighted by Gasteiger charge is 2.30. The summed E-state index contributed by atoms with van der Waals surface area (Å²) in [7, 11) is 0. The Morgan fingerprint density at radius 3 is 2.54 bits per heavy atom. The van der Waals surface area contributed by atoms with Crippen molar-refractivity contribution in [2.45, 2.75) is 18.9 Å². The molecule has 148 valence electrons. The predicted molar refractivity (Wildman–Crippen MR) is 108 cm³/mol. The molecule has 1 aliphatic carbocycles. The first-order valence-corrected chi connectivity index (χ1v) is 9.30. The van der Waals surface area contributed by atoms with Gasteiger partial charge in [-0.3, -0.25) is 9.59 Å². The Bertz CT molecular complexity index is 855. The summed E-state index contributed by atoms with van der Waals surface area (Å²) >= 11 is 0. The quantitative estimate of drug-likeness (QED) is 0.822. The van der Waals surface area contributed by atoms with Crippen molar-refractivity contribution >= 4 is 29.9 Å². The zero-order valence-electron chi connectivity index (χ0n) is 15.4. The summed E-state index contributed by atoms with van der Waals surface area (Å²) in [6, 6.07) is 13.2. The average molecular weight is 404 g/mol. The van der Waals surface area contributed by atoms with E-state index in [4.69, 9.17) is 0 Å². The van der Waals surface area contributed by atoms with E-state index in [9.17, 15) is 14.0 Å². The van der Waals surface area contributed by atoms with Gasteiger partial charge in [-0.2, -0.15) is 0 Å². The largest absolute Gasteiger partial charge is 0.329 e. The molecule has 1 unspecified atom stereocenters. The second-order valence-corrected chi connectivity index (χ2v) is 7.11. The van der Waals surface area contributed by atoms with Gasteiger partial charge in [-0.05, 0) is 54.8 Å². The highest BCUT2D eigenvalue weighted by atomic mass is 35.5. The lowest BCUT2D eigenvalue weighted by molar-refractivity contribution is -0.117. The molecule has 28 heavy (non-hydrogen) atoms. The number of carbonyl (C=O) groups is 2. The first-order valence-electron chi connectivity index (χ1n) is 9.30. The zero-order chi connectivity index (χ0) is 18.8. The Labute approximate surface area is 169 Å². The smallest absolute Gasteiger partial charge is 0.254 e. The number of benzene rings is 2. The van der Waals surface area contributed by atoms with Gasteiger partial charge in [0.05, 0.1) is 6.04 Å². The van der Waals surface area contributed by atoms with Crippen molar-refractivity contribution in [2.24, 2.45) is 5.92 Å². The van der Waals surface area contributed by atoms with E-state index in [1.807, 2.05) is 6.07 Å². The monoisotopic (exact) mass is 403 g/mol. The number of rotatable bonds is 4. The van der Waals surface area contributed by atoms with Crippen LogP contribution in [0.15, 0.2) is 48.5 Å². The summed E-state index contributed by atoms with van der Waals surface area (Å²) in [5.74, 6) is -0.214. The molecule has 0 radical (unpaired) electrons. The Morgan fingerprint density at radius 1 is 1.11 bits per heavy atom. The van der Waals surface area contributed by atoms with Crippen molar-refractivity contribution in [3.05, 3.63) is 65.5 Å². The molecule has 4 rings (SSSR count). The highest BCUT2D eigenvalue weighted by molar-refractivity contribution is 5.97. The molecule has 1 aliphatic heterocycles. The molecule has 0 spiro atoms. The number of nitrogens with zero attached hydrogens (tertiary/aromatic N) is 1. The number of halogens is 2. The SMILES string of the molecule is Cl.O=C(Nc1ccc(C(=O)N2CCNCC2c2cccc(F)c2)cc1)C1CC1. The number of piperazine rings is 1. The molecule has 2 aromatic rings. The maximum Gasteiger partial charge on any atom is 0.254 e. The molecule has 1 saturated carbocycles. The van der Waals surface area contributed by atoms with Crippen LogP contribution in [0.2, 0.25) is 0 Å². The summed E-state index contributed by atoms with van der Waals surface area (Å²) in [5, 5.41) is 6.15. The number of nitrogens with one attached hydrogen (secondary N) is 2. The van der Waals surface area contributed by atoms with E-state index in [2.05, 4.69) is 10.6 Å². The van der Waals surface area contributed by atoms with E-state index in [-0.39, 0.29) is 42.0 Å². The molecule has 2 aromatic carbocycles. The minimum absolute atomic E-state index is 0. The molecule has 2 N–H and O–H groups in total. The van der Waals surface area contributed by atoms with Gasteiger partial charge in [-0.15, -0.1) is 12.4 Å². The lowest BCUT2D eigenvalue weighted by atomic mass is 10.0. The van der Waals surface area contributed by atoms with E-state index in [1.54, 1.807) is 35.2 Å². The van der Waals surface area contributed by atoms with Crippen LogP contribution in [0.25, 0.3) is 0 Å². The normalized spacial score (nSPS) is 18.9. The lowest BCUT2D eigenvalue weighted by Gasteiger charge is -2.36. The van der Waals surface area contributed by atoms with Crippen LogP contribution in [0.1, 0.15) is 34.8 Å². The maximum atomic E-state index is 13.6. The van der Waals surface area contributed by atoms with Gasteiger partial charge in [0.15, 0.2) is 0 Å². The first-order chi connectivity index (χ1) is 13.1. The van der Waals surface area contributed by atoms with E-state index < -0.39 is 0 Å². The number of carbonyl (C=O) groups excluding carboxylic acids is 2. The Morgan fingerprint density at radius 2 is 1.86 bits per heavy atom. The first kappa shape index (κ1) is 20.3. The van der Waals surface area contributed by atoms with Gasteiger partial charge in [0.25, 0.3) is 5.91 Å². The minimum atomic E-state index is -0.304. The predicted octanol–water partition coefficient (Wildman–Crippen LogP) is 3.38. The molecule has 1 atom stereocenters. The summed E-state index contributed by atoms with van der Waals surface area (Å²) in [4.78, 5) is 26.7. The van der Waals surface area contributed by atoms with Crippen LogP contribution in [0.5, 0.6) is 0 Å². The summed E-state index contributed by atoms with van der Waals surface area (Å²) in [5.41, 5.74) is 2.04. The van der Waals surface area contributed by atoms with Crippen molar-refractivity contribution in [1.82, 2.24) is 10.2 Å². The highest BCUT2D eigenvalue weighted by Crippen LogP contribution is 2.30. The number of anilines is 1. The van der Waals surface area contributed by atoms with Crippen molar-refractivity contribution < 1.29 is 14.0 Å². The Kier molecular flexibility index (Phi) is 6.31. The maximum absolute atomic E-state index is 13.6. The third-order valence-corrected chi connectivity index (χ3v) is 5.09. The van der Waals surface area contributed by atoms with Gasteiger partial charge >= 0.3 is 0 Å². The third-order valence-electron chi connectivity index (χ3n) is 5.09. The summed E-state index contributed by atoms with van der Waals surface area (Å²) < 4.78 is 13.6. The van der Waals surface area contributed by atoms with Gasteiger partial charge in [0.2, 0.25) is 5.91 Å². The van der Waals surface area contributed by atoms with Crippen LogP contribution in [-0.4, -0.2) is 36.3 Å². The fourth-order valence-electron chi connectivity index (χ4n) is 3.41. The number of hydrogen-bond acceptors (Lipinski definition) is 3. The van der Waals surface area contributed by atoms with E-state index in [0.717, 1.165) is 18.4 Å². The molecule has 2 aliphatic rings. The van der Waals surface area contributed by atoms with E-state index in [0.29, 0.717) is 30.9 Å². The van der Waals surface area contributed by atoms with Crippen molar-refractivity contribution in [3.8, 4) is 0 Å². The van der Waals surface area contributed by atoms with Crippen LogP contribution >= 0.6 is 12.4 Å². The van der Waals surface area contributed by atoms with Crippen LogP contribution in [0.4, 0.5) is 10.1 Å². The molecule has 1 heterocycles.